The Balaban J connectivity index is 1.70. The van der Waals surface area contributed by atoms with Gasteiger partial charge < -0.3 is 0 Å². The molecule has 0 heterocycles. The van der Waals surface area contributed by atoms with Crippen molar-refractivity contribution in [1.29, 1.82) is 0 Å². The smallest absolute Gasteiger partial charge is 0.133 e. The number of allylic oxidation sites excluding steroid dienone is 1. The lowest BCUT2D eigenvalue weighted by atomic mass is 9.86. The maximum atomic E-state index is 14.8. The summed E-state index contributed by atoms with van der Waals surface area (Å²) in [6.07, 6.45) is 5.16. The SMILES string of the molecule is CCCCc1cc(F)c(C2=Cc3cc(F)c(-c4ccc(F)cc4)cc3CC2)c(F)c1. The van der Waals surface area contributed by atoms with Crippen molar-refractivity contribution < 1.29 is 17.6 Å². The monoisotopic (exact) mass is 410 g/mol. The van der Waals surface area contributed by atoms with Crippen molar-refractivity contribution in [2.45, 2.75) is 39.0 Å². The maximum Gasteiger partial charge on any atom is 0.133 e. The summed E-state index contributed by atoms with van der Waals surface area (Å²) >= 11 is 0. The molecule has 0 amide bonds. The molecule has 0 fully saturated rings. The van der Waals surface area contributed by atoms with Gasteiger partial charge >= 0.3 is 0 Å². The van der Waals surface area contributed by atoms with E-state index in [1.54, 1.807) is 12.1 Å². The molecule has 30 heavy (non-hydrogen) atoms. The minimum atomic E-state index is -0.570. The molecule has 0 atom stereocenters. The van der Waals surface area contributed by atoms with Gasteiger partial charge in [0.1, 0.15) is 23.3 Å². The van der Waals surface area contributed by atoms with Crippen LogP contribution < -0.4 is 0 Å². The molecule has 4 heteroatoms. The molecule has 3 aromatic rings. The summed E-state index contributed by atoms with van der Waals surface area (Å²) in [5, 5.41) is 0. The third kappa shape index (κ3) is 4.04. The van der Waals surface area contributed by atoms with Crippen LogP contribution in [0.5, 0.6) is 0 Å². The van der Waals surface area contributed by atoms with E-state index in [0.29, 0.717) is 47.1 Å². The van der Waals surface area contributed by atoms with E-state index in [1.165, 1.54) is 42.5 Å². The molecule has 0 radical (unpaired) electrons. The Bertz CT molecular complexity index is 1090. The lowest BCUT2D eigenvalue weighted by Crippen LogP contribution is -2.05. The molecule has 0 N–H and O–H groups in total. The van der Waals surface area contributed by atoms with Crippen LogP contribution in [-0.4, -0.2) is 0 Å². The van der Waals surface area contributed by atoms with Crippen molar-refractivity contribution in [2.75, 3.05) is 0 Å². The maximum absolute atomic E-state index is 14.8. The van der Waals surface area contributed by atoms with Crippen LogP contribution in [0, 0.1) is 23.3 Å². The summed E-state index contributed by atoms with van der Waals surface area (Å²) in [5.74, 6) is -1.97. The Morgan fingerprint density at radius 2 is 1.50 bits per heavy atom. The second kappa shape index (κ2) is 8.47. The van der Waals surface area contributed by atoms with Crippen molar-refractivity contribution in [3.05, 3.63) is 94.1 Å². The first-order chi connectivity index (χ1) is 14.5. The minimum absolute atomic E-state index is 0.0242. The number of halogens is 4. The minimum Gasteiger partial charge on any atom is -0.207 e. The van der Waals surface area contributed by atoms with Crippen LogP contribution in [0.4, 0.5) is 17.6 Å². The van der Waals surface area contributed by atoms with Gasteiger partial charge in [-0.05, 0) is 89.9 Å². The summed E-state index contributed by atoms with van der Waals surface area (Å²) in [7, 11) is 0. The van der Waals surface area contributed by atoms with E-state index < -0.39 is 17.5 Å². The highest BCUT2D eigenvalue weighted by Gasteiger charge is 2.21. The van der Waals surface area contributed by atoms with Gasteiger partial charge in [-0.2, -0.15) is 0 Å². The first kappa shape index (κ1) is 20.4. The molecule has 0 unspecified atom stereocenters. The summed E-state index contributed by atoms with van der Waals surface area (Å²) in [4.78, 5) is 0. The summed E-state index contributed by atoms with van der Waals surface area (Å²) < 4.78 is 57.3. The zero-order valence-corrected chi connectivity index (χ0v) is 16.7. The fourth-order valence-corrected chi connectivity index (χ4v) is 4.02. The van der Waals surface area contributed by atoms with Gasteiger partial charge in [0, 0.05) is 11.1 Å². The molecule has 0 bridgehead atoms. The van der Waals surface area contributed by atoms with Crippen LogP contribution in [0.2, 0.25) is 0 Å². The average molecular weight is 410 g/mol. The average Bonchev–Trinajstić information content (AvgIpc) is 2.72. The molecule has 154 valence electrons. The molecule has 0 spiro atoms. The second-order valence-electron chi connectivity index (χ2n) is 7.75. The zero-order valence-electron chi connectivity index (χ0n) is 16.7. The quantitative estimate of drug-likeness (QED) is 0.377. The van der Waals surface area contributed by atoms with Gasteiger partial charge in [-0.3, -0.25) is 0 Å². The third-order valence-electron chi connectivity index (χ3n) is 5.62. The fourth-order valence-electron chi connectivity index (χ4n) is 4.02. The normalized spacial score (nSPS) is 13.2. The molecule has 0 saturated carbocycles. The standard InChI is InChI=1S/C26H22F4/c1-2-3-4-16-11-24(29)26(25(30)12-16)19-6-5-18-14-22(23(28)15-20(18)13-19)17-7-9-21(27)10-8-17/h7-15H,2-6H2,1H3. The molecule has 0 aliphatic heterocycles. The largest absolute Gasteiger partial charge is 0.207 e. The Kier molecular flexibility index (Phi) is 5.76. The van der Waals surface area contributed by atoms with Crippen molar-refractivity contribution in [2.24, 2.45) is 0 Å². The number of hydrogen-bond acceptors (Lipinski definition) is 0. The van der Waals surface area contributed by atoms with Crippen LogP contribution in [0.15, 0.2) is 48.5 Å². The van der Waals surface area contributed by atoms with Crippen LogP contribution in [0.25, 0.3) is 22.8 Å². The van der Waals surface area contributed by atoms with Crippen molar-refractivity contribution in [1.82, 2.24) is 0 Å². The predicted octanol–water partition coefficient (Wildman–Crippen LogP) is 7.74. The van der Waals surface area contributed by atoms with E-state index in [1.807, 2.05) is 6.92 Å². The first-order valence-corrected chi connectivity index (χ1v) is 10.2. The highest BCUT2D eigenvalue weighted by Crippen LogP contribution is 2.36. The van der Waals surface area contributed by atoms with Crippen LogP contribution in [-0.2, 0) is 12.8 Å². The van der Waals surface area contributed by atoms with E-state index in [-0.39, 0.29) is 11.4 Å². The summed E-state index contributed by atoms with van der Waals surface area (Å²) in [5.41, 5.74) is 3.67. The van der Waals surface area contributed by atoms with Gasteiger partial charge in [0.15, 0.2) is 0 Å². The summed E-state index contributed by atoms with van der Waals surface area (Å²) in [6, 6.07) is 11.6. The molecule has 3 aromatic carbocycles. The van der Waals surface area contributed by atoms with Crippen molar-refractivity contribution >= 4 is 11.6 Å². The number of fused-ring (bicyclic) bond motifs is 1. The van der Waals surface area contributed by atoms with Gasteiger partial charge in [0.2, 0.25) is 0 Å². The molecule has 0 saturated heterocycles. The van der Waals surface area contributed by atoms with Crippen molar-refractivity contribution in [3.63, 3.8) is 0 Å². The van der Waals surface area contributed by atoms with Gasteiger partial charge in [0.25, 0.3) is 0 Å². The van der Waals surface area contributed by atoms with E-state index >= 15 is 0 Å². The summed E-state index contributed by atoms with van der Waals surface area (Å²) in [6.45, 7) is 2.03. The Morgan fingerprint density at radius 1 is 0.800 bits per heavy atom. The van der Waals surface area contributed by atoms with Crippen molar-refractivity contribution in [3.8, 4) is 11.1 Å². The Morgan fingerprint density at radius 3 is 2.17 bits per heavy atom. The van der Waals surface area contributed by atoms with Gasteiger partial charge in [-0.25, -0.2) is 17.6 Å². The highest BCUT2D eigenvalue weighted by molar-refractivity contribution is 5.86. The number of hydrogen-bond donors (Lipinski definition) is 0. The van der Waals surface area contributed by atoms with Crippen LogP contribution >= 0.6 is 0 Å². The van der Waals surface area contributed by atoms with Crippen LogP contribution in [0.1, 0.15) is 48.4 Å². The zero-order chi connectivity index (χ0) is 21.3. The van der Waals surface area contributed by atoms with Gasteiger partial charge in [0.05, 0.1) is 0 Å². The van der Waals surface area contributed by atoms with E-state index in [9.17, 15) is 17.6 Å². The molecular formula is C26H22F4. The molecule has 0 nitrogen and oxygen atoms in total. The Hall–Kier alpha value is -2.88. The third-order valence-corrected chi connectivity index (χ3v) is 5.62. The fraction of sp³-hybridized carbons (Fsp3) is 0.231. The van der Waals surface area contributed by atoms with E-state index in [0.717, 1.165) is 18.4 Å². The number of unbranched alkanes of at least 4 members (excludes halogenated alkanes) is 1. The second-order valence-corrected chi connectivity index (χ2v) is 7.75. The molecule has 4 rings (SSSR count). The first-order valence-electron chi connectivity index (χ1n) is 10.2. The lowest BCUT2D eigenvalue weighted by molar-refractivity contribution is 0.570. The predicted molar refractivity (Wildman–Crippen MR) is 113 cm³/mol. The van der Waals surface area contributed by atoms with Gasteiger partial charge in [-0.1, -0.05) is 31.6 Å². The number of benzene rings is 3. The number of aryl methyl sites for hydroxylation is 2. The molecular weight excluding hydrogens is 388 g/mol. The molecule has 0 aromatic heterocycles. The van der Waals surface area contributed by atoms with E-state index in [2.05, 4.69) is 0 Å². The van der Waals surface area contributed by atoms with Gasteiger partial charge in [-0.15, -0.1) is 0 Å². The lowest BCUT2D eigenvalue weighted by Gasteiger charge is -2.20. The molecule has 1 aliphatic rings. The topological polar surface area (TPSA) is 0 Å². The van der Waals surface area contributed by atoms with Crippen LogP contribution in [0.3, 0.4) is 0 Å². The van der Waals surface area contributed by atoms with E-state index in [4.69, 9.17) is 0 Å². The Labute approximate surface area is 173 Å². The highest BCUT2D eigenvalue weighted by atomic mass is 19.1. The molecule has 1 aliphatic carbocycles. The number of rotatable bonds is 5.